The summed E-state index contributed by atoms with van der Waals surface area (Å²) in [5.74, 6) is 4.59. The predicted octanol–water partition coefficient (Wildman–Crippen LogP) is 5.58. The number of carbonyl (C=O) groups excluding carboxylic acids is 2. The topological polar surface area (TPSA) is 34.1 Å². The molecule has 3 fully saturated rings. The molecular formula is C25H35O2Y-. The average molecular weight is 456 g/mol. The van der Waals surface area contributed by atoms with E-state index in [0.717, 1.165) is 19.3 Å². The number of carbonyl (C=O) groups is 2. The van der Waals surface area contributed by atoms with Gasteiger partial charge in [0.05, 0.1) is 0 Å². The van der Waals surface area contributed by atoms with Gasteiger partial charge in [0, 0.05) is 38.1 Å². The number of ketones is 2. The van der Waals surface area contributed by atoms with Crippen LogP contribution in [0.4, 0.5) is 0 Å². The van der Waals surface area contributed by atoms with Gasteiger partial charge in [0.2, 0.25) is 0 Å². The number of hydrogen-bond acceptors (Lipinski definition) is 2. The summed E-state index contributed by atoms with van der Waals surface area (Å²) in [4.78, 5) is 24.9. The summed E-state index contributed by atoms with van der Waals surface area (Å²) in [6.07, 6.45) is 9.24. The Bertz CT molecular complexity index is 767. The first-order valence-corrected chi connectivity index (χ1v) is 10.8. The zero-order chi connectivity index (χ0) is 19.9. The Morgan fingerprint density at radius 1 is 1.14 bits per heavy atom. The summed E-state index contributed by atoms with van der Waals surface area (Å²) in [7, 11) is 0. The van der Waals surface area contributed by atoms with Crippen molar-refractivity contribution in [2.45, 2.75) is 67.7 Å². The molecule has 0 aliphatic heterocycles. The van der Waals surface area contributed by atoms with E-state index < -0.39 is 0 Å². The van der Waals surface area contributed by atoms with E-state index in [9.17, 15) is 9.59 Å². The van der Waals surface area contributed by atoms with Crippen LogP contribution in [0, 0.1) is 51.8 Å². The third-order valence-electron chi connectivity index (χ3n) is 9.69. The third kappa shape index (κ3) is 2.65. The monoisotopic (exact) mass is 456 g/mol. The molecule has 3 heteroatoms. The van der Waals surface area contributed by atoms with Gasteiger partial charge < -0.3 is 0 Å². The van der Waals surface area contributed by atoms with Gasteiger partial charge >= 0.3 is 0 Å². The summed E-state index contributed by atoms with van der Waals surface area (Å²) in [6.45, 7) is 15.8. The standard InChI is InChI=1S/C25H35O2.Y/c1-14-10-19-21-11-16(3)25(7,17(4)26)24(21,6)13-15(2)22(19)23(5)9-8-18(27)12-20(14)23;/h8-9,12,14-16,19,21H,10-11,13H2,1-7H3;/q-1;/t14?,15?,16?,19?,21?,23?,24?,25-;/m1./s1. The molecule has 4 aliphatic carbocycles. The Morgan fingerprint density at radius 3 is 2.39 bits per heavy atom. The van der Waals surface area contributed by atoms with Gasteiger partial charge in [-0.2, -0.15) is 11.8 Å². The van der Waals surface area contributed by atoms with Crippen LogP contribution in [0.3, 0.4) is 0 Å². The molecule has 3 saturated carbocycles. The van der Waals surface area contributed by atoms with Gasteiger partial charge in [-0.05, 0) is 42.7 Å². The molecule has 8 atom stereocenters. The Morgan fingerprint density at radius 2 is 1.79 bits per heavy atom. The fraction of sp³-hybridized carbons (Fsp3) is 0.720. The van der Waals surface area contributed by atoms with Crippen molar-refractivity contribution in [1.82, 2.24) is 0 Å². The van der Waals surface area contributed by atoms with Crippen molar-refractivity contribution in [2.24, 2.45) is 45.8 Å². The van der Waals surface area contributed by atoms with Crippen LogP contribution < -0.4 is 0 Å². The second-order valence-electron chi connectivity index (χ2n) is 10.8. The minimum absolute atomic E-state index is 0. The van der Waals surface area contributed by atoms with Gasteiger partial charge in [0.15, 0.2) is 5.78 Å². The summed E-state index contributed by atoms with van der Waals surface area (Å²) in [6, 6.07) is 0. The maximum atomic E-state index is 12.8. The van der Waals surface area contributed by atoms with Gasteiger partial charge in [-0.25, -0.2) is 0 Å². The second-order valence-corrected chi connectivity index (χ2v) is 10.8. The number of rotatable bonds is 1. The van der Waals surface area contributed by atoms with Crippen LogP contribution in [0.1, 0.15) is 67.7 Å². The van der Waals surface area contributed by atoms with E-state index in [4.69, 9.17) is 0 Å². The summed E-state index contributed by atoms with van der Waals surface area (Å²) in [5.41, 5.74) is 1.07. The minimum Gasteiger partial charge on any atom is -0.299 e. The van der Waals surface area contributed by atoms with Crippen LogP contribution in [0.5, 0.6) is 0 Å². The molecule has 151 valence electrons. The summed E-state index contributed by atoms with van der Waals surface area (Å²) < 4.78 is 0. The van der Waals surface area contributed by atoms with Crippen LogP contribution in [-0.4, -0.2) is 11.6 Å². The fourth-order valence-corrected chi connectivity index (χ4v) is 8.18. The SMILES string of the molecule is CC(=O)[C@@]1(C)C(C)CC2C3CC(C)C4=CC(=O)C=CC4(C)[C-]3C(C)CC21C.[Y]. The molecule has 2 nitrogen and oxygen atoms in total. The maximum Gasteiger partial charge on any atom is 0.178 e. The number of hydrogen-bond donors (Lipinski definition) is 0. The number of Topliss-reactive ketones (excluding diaryl/α,β-unsaturated/α-hetero) is 1. The molecule has 0 aromatic carbocycles. The van der Waals surface area contributed by atoms with E-state index in [1.165, 1.54) is 5.57 Å². The van der Waals surface area contributed by atoms with Crippen LogP contribution in [0.15, 0.2) is 23.8 Å². The van der Waals surface area contributed by atoms with Crippen LogP contribution in [-0.2, 0) is 42.3 Å². The van der Waals surface area contributed by atoms with Crippen molar-refractivity contribution in [3.8, 4) is 0 Å². The average Bonchev–Trinajstić information content (AvgIpc) is 2.78. The van der Waals surface area contributed by atoms with Crippen molar-refractivity contribution < 1.29 is 42.3 Å². The van der Waals surface area contributed by atoms with Crippen molar-refractivity contribution in [3.63, 3.8) is 0 Å². The van der Waals surface area contributed by atoms with E-state index in [1.54, 1.807) is 12.0 Å². The van der Waals surface area contributed by atoms with E-state index in [0.29, 0.717) is 35.4 Å². The molecule has 28 heavy (non-hydrogen) atoms. The third-order valence-corrected chi connectivity index (χ3v) is 9.69. The first-order chi connectivity index (χ1) is 12.5. The quantitative estimate of drug-likeness (QED) is 0.483. The first-order valence-electron chi connectivity index (χ1n) is 10.8. The molecule has 0 heterocycles. The molecule has 0 amide bonds. The van der Waals surface area contributed by atoms with Crippen molar-refractivity contribution in [2.75, 3.05) is 0 Å². The predicted molar refractivity (Wildman–Crippen MR) is 109 cm³/mol. The Kier molecular flexibility index (Phi) is 5.63. The molecule has 7 unspecified atom stereocenters. The fourth-order valence-electron chi connectivity index (χ4n) is 8.18. The molecule has 0 spiro atoms. The van der Waals surface area contributed by atoms with Crippen LogP contribution in [0.25, 0.3) is 0 Å². The number of fused-ring (bicyclic) bond motifs is 5. The van der Waals surface area contributed by atoms with Gasteiger partial charge in [-0.15, -0.1) is 11.5 Å². The van der Waals surface area contributed by atoms with E-state index >= 15 is 0 Å². The first kappa shape index (κ1) is 22.6. The minimum atomic E-state index is -0.226. The van der Waals surface area contributed by atoms with Gasteiger partial charge in [0.1, 0.15) is 5.78 Å². The van der Waals surface area contributed by atoms with E-state index in [1.807, 2.05) is 13.0 Å². The molecular weight excluding hydrogens is 421 g/mol. The Labute approximate surface area is 196 Å². The van der Waals surface area contributed by atoms with Gasteiger partial charge in [-0.3, -0.25) is 15.5 Å². The maximum absolute atomic E-state index is 12.8. The van der Waals surface area contributed by atoms with Crippen LogP contribution >= 0.6 is 0 Å². The van der Waals surface area contributed by atoms with Crippen molar-refractivity contribution in [1.29, 1.82) is 0 Å². The summed E-state index contributed by atoms with van der Waals surface area (Å²) >= 11 is 0. The van der Waals surface area contributed by atoms with Gasteiger partial charge in [0.25, 0.3) is 0 Å². The molecule has 0 aromatic heterocycles. The molecule has 0 bridgehead atoms. The normalized spacial score (nSPS) is 50.2. The molecule has 4 rings (SSSR count). The number of allylic oxidation sites excluding steroid dienone is 4. The van der Waals surface area contributed by atoms with Crippen molar-refractivity contribution >= 4 is 11.6 Å². The zero-order valence-corrected chi connectivity index (χ0v) is 21.5. The zero-order valence-electron chi connectivity index (χ0n) is 18.6. The molecule has 4 aliphatic rings. The van der Waals surface area contributed by atoms with Crippen LogP contribution in [0.2, 0.25) is 0 Å². The van der Waals surface area contributed by atoms with E-state index in [2.05, 4.69) is 47.6 Å². The van der Waals surface area contributed by atoms with E-state index in [-0.39, 0.29) is 54.7 Å². The molecule has 0 aromatic rings. The Balaban J connectivity index is 0.00000225. The molecule has 0 N–H and O–H groups in total. The van der Waals surface area contributed by atoms with Gasteiger partial charge in [-0.1, -0.05) is 65.9 Å². The second kappa shape index (κ2) is 6.98. The largest absolute Gasteiger partial charge is 0.299 e. The Hall–Kier alpha value is -0.0761. The van der Waals surface area contributed by atoms with Crippen molar-refractivity contribution in [3.05, 3.63) is 29.7 Å². The summed E-state index contributed by atoms with van der Waals surface area (Å²) in [5, 5.41) is 0. The smallest absolute Gasteiger partial charge is 0.178 e. The molecule has 1 radical (unpaired) electrons. The molecule has 0 saturated heterocycles.